The number of carbonyl (C=O) groups excluding carboxylic acids is 1. The van der Waals surface area contributed by atoms with Crippen molar-refractivity contribution in [1.29, 1.82) is 0 Å². The Balaban J connectivity index is 1.89. The normalized spacial score (nSPS) is 14.5. The molecule has 4 nitrogen and oxygen atoms in total. The van der Waals surface area contributed by atoms with Crippen molar-refractivity contribution in [2.24, 2.45) is 0 Å². The Morgan fingerprint density at radius 2 is 2.05 bits per heavy atom. The van der Waals surface area contributed by atoms with E-state index in [1.165, 1.54) is 0 Å². The Hall–Kier alpha value is -0.880. The standard InChI is InChI=1S/C16H21BrO4S/c1-3-4-7-22-11(2)16(18)21-10-12-8-14-15(9-13(12)17)20-6-5-19-14/h8-9,11H,3-7,10H2,1-2H3. The van der Waals surface area contributed by atoms with Crippen molar-refractivity contribution in [3.63, 3.8) is 0 Å². The van der Waals surface area contributed by atoms with Gasteiger partial charge in [0, 0.05) is 10.0 Å². The van der Waals surface area contributed by atoms with Gasteiger partial charge in [-0.05, 0) is 31.2 Å². The first kappa shape index (κ1) is 17.5. The van der Waals surface area contributed by atoms with Crippen LogP contribution in [0.3, 0.4) is 0 Å². The van der Waals surface area contributed by atoms with Crippen LogP contribution in [0.2, 0.25) is 0 Å². The molecule has 2 rings (SSSR count). The molecule has 0 bridgehead atoms. The highest BCUT2D eigenvalue weighted by Crippen LogP contribution is 2.35. The van der Waals surface area contributed by atoms with Crippen LogP contribution in [-0.4, -0.2) is 30.2 Å². The van der Waals surface area contributed by atoms with Gasteiger partial charge in [-0.15, -0.1) is 11.8 Å². The number of fused-ring (bicyclic) bond motifs is 1. The smallest absolute Gasteiger partial charge is 0.319 e. The monoisotopic (exact) mass is 388 g/mol. The number of ether oxygens (including phenoxy) is 3. The van der Waals surface area contributed by atoms with E-state index in [1.54, 1.807) is 11.8 Å². The Labute approximate surface area is 144 Å². The lowest BCUT2D eigenvalue weighted by atomic mass is 10.2. The number of hydrogen-bond donors (Lipinski definition) is 0. The number of unbranched alkanes of at least 4 members (excludes halogenated alkanes) is 1. The summed E-state index contributed by atoms with van der Waals surface area (Å²) in [6.07, 6.45) is 2.26. The molecule has 1 aliphatic heterocycles. The lowest BCUT2D eigenvalue weighted by Gasteiger charge is -2.20. The van der Waals surface area contributed by atoms with Crippen LogP contribution in [-0.2, 0) is 16.1 Å². The topological polar surface area (TPSA) is 44.8 Å². The van der Waals surface area contributed by atoms with Crippen molar-refractivity contribution in [3.05, 3.63) is 22.2 Å². The van der Waals surface area contributed by atoms with Gasteiger partial charge < -0.3 is 14.2 Å². The van der Waals surface area contributed by atoms with E-state index < -0.39 is 0 Å². The molecule has 1 aromatic rings. The number of halogens is 1. The first-order chi connectivity index (χ1) is 10.6. The zero-order chi connectivity index (χ0) is 15.9. The van der Waals surface area contributed by atoms with Crippen LogP contribution in [0.15, 0.2) is 16.6 Å². The van der Waals surface area contributed by atoms with E-state index in [0.29, 0.717) is 19.0 Å². The summed E-state index contributed by atoms with van der Waals surface area (Å²) < 4.78 is 17.3. The van der Waals surface area contributed by atoms with Gasteiger partial charge in [-0.25, -0.2) is 0 Å². The van der Waals surface area contributed by atoms with Crippen molar-refractivity contribution in [3.8, 4) is 11.5 Å². The van der Waals surface area contributed by atoms with Gasteiger partial charge in [0.05, 0.1) is 5.25 Å². The number of rotatable bonds is 7. The molecule has 1 aliphatic rings. The van der Waals surface area contributed by atoms with E-state index in [-0.39, 0.29) is 17.8 Å². The Morgan fingerprint density at radius 1 is 1.36 bits per heavy atom. The molecule has 0 aromatic heterocycles. The summed E-state index contributed by atoms with van der Waals surface area (Å²) in [5, 5.41) is -0.137. The minimum Gasteiger partial charge on any atom is -0.486 e. The minimum atomic E-state index is -0.178. The molecule has 0 saturated carbocycles. The number of benzene rings is 1. The van der Waals surface area contributed by atoms with Crippen molar-refractivity contribution >= 4 is 33.7 Å². The molecule has 122 valence electrons. The molecule has 0 saturated heterocycles. The fourth-order valence-electron chi connectivity index (χ4n) is 1.96. The Morgan fingerprint density at radius 3 is 2.73 bits per heavy atom. The molecule has 0 aliphatic carbocycles. The number of hydrogen-bond acceptors (Lipinski definition) is 5. The third-order valence-corrected chi connectivity index (χ3v) is 5.23. The predicted octanol–water partition coefficient (Wildman–Crippen LogP) is 4.19. The Kier molecular flexibility index (Phi) is 6.89. The first-order valence-corrected chi connectivity index (χ1v) is 9.32. The van der Waals surface area contributed by atoms with Gasteiger partial charge in [-0.1, -0.05) is 29.3 Å². The Bertz CT molecular complexity index is 521. The summed E-state index contributed by atoms with van der Waals surface area (Å²) >= 11 is 5.12. The summed E-state index contributed by atoms with van der Waals surface area (Å²) in [5.74, 6) is 2.23. The maximum atomic E-state index is 12.0. The van der Waals surface area contributed by atoms with Gasteiger partial charge in [-0.3, -0.25) is 4.79 Å². The number of thioether (sulfide) groups is 1. The van der Waals surface area contributed by atoms with Crippen LogP contribution in [0.1, 0.15) is 32.3 Å². The zero-order valence-electron chi connectivity index (χ0n) is 12.9. The van der Waals surface area contributed by atoms with Crippen LogP contribution in [0.25, 0.3) is 0 Å². The van der Waals surface area contributed by atoms with Crippen molar-refractivity contribution in [2.45, 2.75) is 38.5 Å². The van der Waals surface area contributed by atoms with E-state index in [4.69, 9.17) is 14.2 Å². The molecule has 22 heavy (non-hydrogen) atoms. The van der Waals surface area contributed by atoms with Gasteiger partial charge in [0.15, 0.2) is 11.5 Å². The van der Waals surface area contributed by atoms with E-state index in [1.807, 2.05) is 19.1 Å². The fraction of sp³-hybridized carbons (Fsp3) is 0.562. The van der Waals surface area contributed by atoms with Crippen molar-refractivity contribution in [2.75, 3.05) is 19.0 Å². The van der Waals surface area contributed by atoms with Gasteiger partial charge in [0.2, 0.25) is 0 Å². The van der Waals surface area contributed by atoms with Crippen molar-refractivity contribution < 1.29 is 19.0 Å². The molecule has 1 atom stereocenters. The molecule has 0 fully saturated rings. The van der Waals surface area contributed by atoms with E-state index >= 15 is 0 Å². The van der Waals surface area contributed by atoms with Crippen LogP contribution < -0.4 is 9.47 Å². The third kappa shape index (κ3) is 4.81. The molecule has 1 unspecified atom stereocenters. The van der Waals surface area contributed by atoms with E-state index in [9.17, 15) is 4.79 Å². The lowest BCUT2D eigenvalue weighted by Crippen LogP contribution is -2.18. The average molecular weight is 389 g/mol. The second kappa shape index (κ2) is 8.67. The quantitative estimate of drug-likeness (QED) is 0.517. The highest BCUT2D eigenvalue weighted by atomic mass is 79.9. The minimum absolute atomic E-state index is 0.137. The summed E-state index contributed by atoms with van der Waals surface area (Å²) in [6.45, 7) is 5.36. The predicted molar refractivity (Wildman–Crippen MR) is 91.8 cm³/mol. The molecular weight excluding hydrogens is 368 g/mol. The number of carbonyl (C=O) groups is 1. The third-order valence-electron chi connectivity index (χ3n) is 3.28. The molecular formula is C16H21BrO4S. The largest absolute Gasteiger partial charge is 0.486 e. The van der Waals surface area contributed by atoms with Crippen LogP contribution in [0.4, 0.5) is 0 Å². The van der Waals surface area contributed by atoms with E-state index in [0.717, 1.165) is 34.4 Å². The van der Waals surface area contributed by atoms with Crippen LogP contribution in [0, 0.1) is 0 Å². The summed E-state index contributed by atoms with van der Waals surface area (Å²) in [5.41, 5.74) is 0.878. The highest BCUT2D eigenvalue weighted by Gasteiger charge is 2.18. The fourth-order valence-corrected chi connectivity index (χ4v) is 3.41. The first-order valence-electron chi connectivity index (χ1n) is 7.48. The summed E-state index contributed by atoms with van der Waals surface area (Å²) in [4.78, 5) is 12.0. The molecule has 1 aromatic carbocycles. The zero-order valence-corrected chi connectivity index (χ0v) is 15.3. The van der Waals surface area contributed by atoms with E-state index in [2.05, 4.69) is 22.9 Å². The molecule has 0 radical (unpaired) electrons. The SMILES string of the molecule is CCCCSC(C)C(=O)OCc1cc2c(cc1Br)OCCO2. The van der Waals surface area contributed by atoms with Gasteiger partial charge >= 0.3 is 5.97 Å². The maximum Gasteiger partial charge on any atom is 0.319 e. The summed E-state index contributed by atoms with van der Waals surface area (Å²) in [7, 11) is 0. The van der Waals surface area contributed by atoms with Gasteiger partial charge in [0.25, 0.3) is 0 Å². The molecule has 0 amide bonds. The van der Waals surface area contributed by atoms with Crippen molar-refractivity contribution in [1.82, 2.24) is 0 Å². The molecule has 0 spiro atoms. The van der Waals surface area contributed by atoms with Gasteiger partial charge in [-0.2, -0.15) is 0 Å². The maximum absolute atomic E-state index is 12.0. The molecule has 0 N–H and O–H groups in total. The molecule has 1 heterocycles. The lowest BCUT2D eigenvalue weighted by molar-refractivity contribution is -0.143. The molecule has 6 heteroatoms. The van der Waals surface area contributed by atoms with Crippen LogP contribution >= 0.6 is 27.7 Å². The summed E-state index contributed by atoms with van der Waals surface area (Å²) in [6, 6.07) is 3.72. The van der Waals surface area contributed by atoms with Gasteiger partial charge in [0.1, 0.15) is 19.8 Å². The van der Waals surface area contributed by atoms with Crippen LogP contribution in [0.5, 0.6) is 11.5 Å². The second-order valence-electron chi connectivity index (χ2n) is 5.06. The second-order valence-corrected chi connectivity index (χ2v) is 7.36. The highest BCUT2D eigenvalue weighted by molar-refractivity contribution is 9.10. The number of esters is 1. The average Bonchev–Trinajstić information content (AvgIpc) is 2.52.